The Morgan fingerprint density at radius 3 is 2.92 bits per heavy atom. The Hall–Kier alpha value is -2.36. The van der Waals surface area contributed by atoms with Crippen LogP contribution in [0.25, 0.3) is 21.9 Å². The first-order valence-electron chi connectivity index (χ1n) is 7.81. The number of nitriles is 1. The summed E-state index contributed by atoms with van der Waals surface area (Å²) < 4.78 is 13.4. The van der Waals surface area contributed by atoms with Gasteiger partial charge in [0.15, 0.2) is 11.5 Å². The maximum Gasteiger partial charge on any atom is 0.175 e. The van der Waals surface area contributed by atoms with E-state index >= 15 is 0 Å². The summed E-state index contributed by atoms with van der Waals surface area (Å²) in [5.74, 6) is 1.41. The molecule has 0 saturated carbocycles. The zero-order valence-corrected chi connectivity index (χ0v) is 15.6. The number of rotatable bonds is 2. The number of ether oxygens (including phenoxy) is 2. The molecule has 0 bridgehead atoms. The number of halogens is 1. The number of hydrogen-bond acceptors (Lipinski definition) is 5. The molecule has 4 rings (SSSR count). The molecule has 0 aliphatic carbocycles. The van der Waals surface area contributed by atoms with Crippen LogP contribution in [-0.4, -0.2) is 18.2 Å². The quantitative estimate of drug-likeness (QED) is 0.536. The lowest BCUT2D eigenvalue weighted by molar-refractivity contribution is 0.296. The van der Waals surface area contributed by atoms with Gasteiger partial charge < -0.3 is 9.47 Å². The van der Waals surface area contributed by atoms with E-state index < -0.39 is 0 Å². The molecular weight excluding hydrogens is 400 g/mol. The number of benzene rings is 2. The Bertz CT molecular complexity index is 987. The third kappa shape index (κ3) is 3.26. The number of aromatic nitrogens is 1. The summed E-state index contributed by atoms with van der Waals surface area (Å²) in [5.41, 5.74) is 2.30. The molecule has 4 nitrogen and oxygen atoms in total. The molecular formula is C19H13BrN2O2S. The molecule has 0 saturated heterocycles. The first-order chi connectivity index (χ1) is 12.2. The number of para-hydroxylation sites is 1. The van der Waals surface area contributed by atoms with E-state index in [1.54, 1.807) is 0 Å². The molecule has 124 valence electrons. The number of hydrogen-bond donors (Lipinski definition) is 0. The predicted octanol–water partition coefficient (Wildman–Crippen LogP) is 5.28. The van der Waals surface area contributed by atoms with Gasteiger partial charge in [-0.2, -0.15) is 5.26 Å². The third-order valence-corrected chi connectivity index (χ3v) is 5.44. The van der Waals surface area contributed by atoms with Crippen LogP contribution in [0.1, 0.15) is 17.0 Å². The van der Waals surface area contributed by atoms with Crippen molar-refractivity contribution in [3.05, 3.63) is 51.4 Å². The molecule has 1 aliphatic heterocycles. The molecule has 0 atom stereocenters. The zero-order chi connectivity index (χ0) is 17.2. The topological polar surface area (TPSA) is 55.1 Å². The average molecular weight is 413 g/mol. The van der Waals surface area contributed by atoms with E-state index in [4.69, 9.17) is 9.47 Å². The Balaban J connectivity index is 1.76. The van der Waals surface area contributed by atoms with Crippen molar-refractivity contribution < 1.29 is 9.47 Å². The Kier molecular flexibility index (Phi) is 4.43. The van der Waals surface area contributed by atoms with Gasteiger partial charge in [-0.25, -0.2) is 4.98 Å². The molecule has 0 amide bonds. The molecule has 2 aromatic carbocycles. The lowest BCUT2D eigenvalue weighted by atomic mass is 10.1. The fraction of sp³-hybridized carbons (Fsp3) is 0.158. The van der Waals surface area contributed by atoms with E-state index in [-0.39, 0.29) is 0 Å². The molecule has 25 heavy (non-hydrogen) atoms. The smallest absolute Gasteiger partial charge is 0.175 e. The minimum Gasteiger partial charge on any atom is -0.489 e. The summed E-state index contributed by atoms with van der Waals surface area (Å²) in [7, 11) is 0. The van der Waals surface area contributed by atoms with Crippen molar-refractivity contribution >= 4 is 49.1 Å². The van der Waals surface area contributed by atoms with Gasteiger partial charge in [0.25, 0.3) is 0 Å². The fourth-order valence-electron chi connectivity index (χ4n) is 2.63. The van der Waals surface area contributed by atoms with Gasteiger partial charge in [-0.1, -0.05) is 12.1 Å². The SMILES string of the molecule is N#C/C(=C\c1cc(Br)c2c(c1)OCCCO2)c1nc2ccccc2s1. The largest absolute Gasteiger partial charge is 0.489 e. The van der Waals surface area contributed by atoms with Gasteiger partial charge in [-0.05, 0) is 51.8 Å². The lowest BCUT2D eigenvalue weighted by Gasteiger charge is -2.10. The standard InChI is InChI=1S/C19H13BrN2O2S/c20-14-9-12(10-16-18(14)24-7-3-6-23-16)8-13(11-21)19-22-15-4-1-2-5-17(15)25-19/h1-2,4-5,8-10H,3,6-7H2/b13-8+. The van der Waals surface area contributed by atoms with Crippen LogP contribution in [0.15, 0.2) is 40.9 Å². The Morgan fingerprint density at radius 1 is 1.24 bits per heavy atom. The van der Waals surface area contributed by atoms with Gasteiger partial charge >= 0.3 is 0 Å². The highest BCUT2D eigenvalue weighted by atomic mass is 79.9. The molecule has 0 radical (unpaired) electrons. The summed E-state index contributed by atoms with van der Waals surface area (Å²) in [6, 6.07) is 14.0. The van der Waals surface area contributed by atoms with E-state index in [2.05, 4.69) is 27.0 Å². The second kappa shape index (κ2) is 6.87. The van der Waals surface area contributed by atoms with Gasteiger partial charge in [0.05, 0.1) is 33.5 Å². The first kappa shape index (κ1) is 16.1. The highest BCUT2D eigenvalue weighted by molar-refractivity contribution is 9.10. The normalized spacial score (nSPS) is 14.2. The van der Waals surface area contributed by atoms with Crippen molar-refractivity contribution in [3.8, 4) is 17.6 Å². The lowest BCUT2D eigenvalue weighted by Crippen LogP contribution is -1.97. The van der Waals surface area contributed by atoms with Crippen LogP contribution >= 0.6 is 27.3 Å². The Morgan fingerprint density at radius 2 is 2.08 bits per heavy atom. The highest BCUT2D eigenvalue weighted by Gasteiger charge is 2.16. The molecule has 1 aliphatic rings. The van der Waals surface area contributed by atoms with Crippen molar-refractivity contribution in [1.29, 1.82) is 5.26 Å². The van der Waals surface area contributed by atoms with Gasteiger partial charge in [-0.15, -0.1) is 11.3 Å². The predicted molar refractivity (Wildman–Crippen MR) is 103 cm³/mol. The maximum atomic E-state index is 9.60. The average Bonchev–Trinajstić information content (AvgIpc) is 2.90. The van der Waals surface area contributed by atoms with Crippen LogP contribution in [0.2, 0.25) is 0 Å². The molecule has 2 heterocycles. The van der Waals surface area contributed by atoms with Gasteiger partial charge in [0.1, 0.15) is 11.1 Å². The number of nitrogens with zero attached hydrogens (tertiary/aromatic N) is 2. The van der Waals surface area contributed by atoms with Crippen LogP contribution in [0.3, 0.4) is 0 Å². The van der Waals surface area contributed by atoms with E-state index in [1.807, 2.05) is 42.5 Å². The third-order valence-electron chi connectivity index (χ3n) is 3.78. The second-order valence-corrected chi connectivity index (χ2v) is 7.42. The molecule has 0 N–H and O–H groups in total. The second-order valence-electron chi connectivity index (χ2n) is 5.54. The van der Waals surface area contributed by atoms with Crippen molar-refractivity contribution in [2.75, 3.05) is 13.2 Å². The summed E-state index contributed by atoms with van der Waals surface area (Å²) in [5, 5.41) is 10.3. The molecule has 0 spiro atoms. The molecule has 0 unspecified atom stereocenters. The van der Waals surface area contributed by atoms with Crippen molar-refractivity contribution in [2.45, 2.75) is 6.42 Å². The monoisotopic (exact) mass is 412 g/mol. The summed E-state index contributed by atoms with van der Waals surface area (Å²) in [4.78, 5) is 4.57. The van der Waals surface area contributed by atoms with Crippen LogP contribution < -0.4 is 9.47 Å². The number of fused-ring (bicyclic) bond motifs is 2. The first-order valence-corrected chi connectivity index (χ1v) is 9.42. The van der Waals surface area contributed by atoms with Crippen LogP contribution in [0, 0.1) is 11.3 Å². The van der Waals surface area contributed by atoms with E-state index in [0.717, 1.165) is 26.7 Å². The summed E-state index contributed by atoms with van der Waals surface area (Å²) in [6.07, 6.45) is 2.68. The van der Waals surface area contributed by atoms with E-state index in [9.17, 15) is 5.26 Å². The summed E-state index contributed by atoms with van der Waals surface area (Å²) in [6.45, 7) is 1.26. The van der Waals surface area contributed by atoms with Crippen molar-refractivity contribution in [2.24, 2.45) is 0 Å². The molecule has 3 aromatic rings. The number of allylic oxidation sites excluding steroid dienone is 1. The van der Waals surface area contributed by atoms with Gasteiger partial charge in [0.2, 0.25) is 0 Å². The van der Waals surface area contributed by atoms with Gasteiger partial charge in [-0.3, -0.25) is 0 Å². The van der Waals surface area contributed by atoms with Crippen LogP contribution in [0.5, 0.6) is 11.5 Å². The minimum atomic E-state index is 0.530. The maximum absolute atomic E-state index is 9.60. The van der Waals surface area contributed by atoms with E-state index in [0.29, 0.717) is 35.3 Å². The van der Waals surface area contributed by atoms with Crippen LogP contribution in [0.4, 0.5) is 0 Å². The molecule has 0 fully saturated rings. The molecule has 6 heteroatoms. The highest BCUT2D eigenvalue weighted by Crippen LogP contribution is 2.39. The van der Waals surface area contributed by atoms with Crippen LogP contribution in [-0.2, 0) is 0 Å². The van der Waals surface area contributed by atoms with Crippen molar-refractivity contribution in [3.63, 3.8) is 0 Å². The summed E-state index contributed by atoms with van der Waals surface area (Å²) >= 11 is 5.05. The fourth-order valence-corrected chi connectivity index (χ4v) is 4.14. The van der Waals surface area contributed by atoms with Crippen molar-refractivity contribution in [1.82, 2.24) is 4.98 Å². The zero-order valence-electron chi connectivity index (χ0n) is 13.2. The van der Waals surface area contributed by atoms with Gasteiger partial charge in [0, 0.05) is 6.42 Å². The Labute approximate surface area is 157 Å². The number of thiazole rings is 1. The minimum absolute atomic E-state index is 0.530. The molecule has 1 aromatic heterocycles. The van der Waals surface area contributed by atoms with E-state index in [1.165, 1.54) is 11.3 Å².